The van der Waals surface area contributed by atoms with Crippen LogP contribution in [0.4, 0.5) is 16.2 Å². The Kier molecular flexibility index (Phi) is 4.74. The molecule has 0 fully saturated rings. The smallest absolute Gasteiger partial charge is 0.319 e. The molecule has 0 radical (unpaired) electrons. The highest BCUT2D eigenvalue weighted by atomic mass is 16.2. The summed E-state index contributed by atoms with van der Waals surface area (Å²) in [5.74, 6) is 0. The number of nitrogens with one attached hydrogen (secondary N) is 3. The van der Waals surface area contributed by atoms with Gasteiger partial charge in [0.15, 0.2) is 0 Å². The lowest BCUT2D eigenvalue weighted by Gasteiger charge is -2.11. The first-order chi connectivity index (χ1) is 11.3. The number of fused-ring (bicyclic) bond motifs is 1. The van der Waals surface area contributed by atoms with Gasteiger partial charge in [-0.2, -0.15) is 0 Å². The highest BCUT2D eigenvalue weighted by molar-refractivity contribution is 5.93. The van der Waals surface area contributed by atoms with Crippen molar-refractivity contribution in [2.45, 2.75) is 0 Å². The molecule has 0 aliphatic carbocycles. The second-order valence-corrected chi connectivity index (χ2v) is 5.20. The molecule has 0 aromatic heterocycles. The summed E-state index contributed by atoms with van der Waals surface area (Å²) in [7, 11) is 0. The highest BCUT2D eigenvalue weighted by Gasteiger charge is 2.01. The molecule has 23 heavy (non-hydrogen) atoms. The van der Waals surface area contributed by atoms with Gasteiger partial charge in [0.1, 0.15) is 0 Å². The highest BCUT2D eigenvalue weighted by Crippen LogP contribution is 2.22. The van der Waals surface area contributed by atoms with Crippen molar-refractivity contribution in [2.24, 2.45) is 0 Å². The fourth-order valence-electron chi connectivity index (χ4n) is 2.45. The van der Waals surface area contributed by atoms with Crippen LogP contribution in [0.15, 0.2) is 72.8 Å². The molecular weight excluding hydrogens is 286 g/mol. The van der Waals surface area contributed by atoms with E-state index in [9.17, 15) is 4.79 Å². The van der Waals surface area contributed by atoms with Crippen LogP contribution in [0.1, 0.15) is 0 Å². The molecule has 116 valence electrons. The first kappa shape index (κ1) is 14.9. The minimum Gasteiger partial charge on any atom is -0.383 e. The minimum atomic E-state index is -0.198. The standard InChI is InChI=1S/C19H19N3O/c23-19(22-16-9-2-1-3-10-16)21-14-13-20-18-12-6-8-15-7-4-5-11-17(15)18/h1-12,20H,13-14H2,(H2,21,22,23). The van der Waals surface area contributed by atoms with Crippen molar-refractivity contribution < 1.29 is 4.79 Å². The molecule has 4 heteroatoms. The maximum absolute atomic E-state index is 11.8. The van der Waals surface area contributed by atoms with E-state index in [1.54, 1.807) is 0 Å². The molecule has 0 bridgehead atoms. The molecule has 2 amide bonds. The van der Waals surface area contributed by atoms with Crippen molar-refractivity contribution in [3.8, 4) is 0 Å². The first-order valence-electron chi connectivity index (χ1n) is 7.64. The quantitative estimate of drug-likeness (QED) is 0.622. The molecule has 0 unspecified atom stereocenters. The van der Waals surface area contributed by atoms with E-state index < -0.39 is 0 Å². The zero-order valence-corrected chi connectivity index (χ0v) is 12.8. The lowest BCUT2D eigenvalue weighted by molar-refractivity contribution is 0.252. The second-order valence-electron chi connectivity index (χ2n) is 5.20. The molecule has 0 heterocycles. The van der Waals surface area contributed by atoms with Crippen molar-refractivity contribution in [1.82, 2.24) is 5.32 Å². The lowest BCUT2D eigenvalue weighted by Crippen LogP contribution is -2.32. The Labute approximate surface area is 135 Å². The van der Waals surface area contributed by atoms with Crippen LogP contribution >= 0.6 is 0 Å². The van der Waals surface area contributed by atoms with Crippen molar-refractivity contribution in [1.29, 1.82) is 0 Å². The number of carbonyl (C=O) groups is 1. The predicted molar refractivity (Wildman–Crippen MR) is 95.9 cm³/mol. The van der Waals surface area contributed by atoms with Gasteiger partial charge in [0.05, 0.1) is 0 Å². The Morgan fingerprint density at radius 2 is 1.52 bits per heavy atom. The van der Waals surface area contributed by atoms with Crippen LogP contribution in [0.2, 0.25) is 0 Å². The Hall–Kier alpha value is -3.01. The van der Waals surface area contributed by atoms with Crippen molar-refractivity contribution in [3.63, 3.8) is 0 Å². The van der Waals surface area contributed by atoms with Gasteiger partial charge in [-0.05, 0) is 23.6 Å². The molecule has 0 aliphatic heterocycles. The summed E-state index contributed by atoms with van der Waals surface area (Å²) in [6, 6.07) is 23.6. The molecule has 0 atom stereocenters. The van der Waals surface area contributed by atoms with E-state index >= 15 is 0 Å². The summed E-state index contributed by atoms with van der Waals surface area (Å²) in [5, 5.41) is 11.4. The number of urea groups is 1. The van der Waals surface area contributed by atoms with E-state index in [2.05, 4.69) is 34.1 Å². The van der Waals surface area contributed by atoms with Crippen LogP contribution < -0.4 is 16.0 Å². The Morgan fingerprint density at radius 1 is 0.783 bits per heavy atom. The average molecular weight is 305 g/mol. The lowest BCUT2D eigenvalue weighted by atomic mass is 10.1. The molecule has 0 saturated heterocycles. The van der Waals surface area contributed by atoms with E-state index in [1.807, 2.05) is 54.6 Å². The maximum atomic E-state index is 11.8. The van der Waals surface area contributed by atoms with E-state index in [4.69, 9.17) is 0 Å². The van der Waals surface area contributed by atoms with E-state index in [0.29, 0.717) is 13.1 Å². The van der Waals surface area contributed by atoms with Crippen LogP contribution in [-0.2, 0) is 0 Å². The number of anilines is 2. The summed E-state index contributed by atoms with van der Waals surface area (Å²) in [4.78, 5) is 11.8. The molecule has 3 N–H and O–H groups in total. The molecule has 3 aromatic rings. The topological polar surface area (TPSA) is 53.2 Å². The number of benzene rings is 3. The molecule has 3 rings (SSSR count). The second kappa shape index (κ2) is 7.31. The SMILES string of the molecule is O=C(NCCNc1cccc2ccccc12)Nc1ccccc1. The van der Waals surface area contributed by atoms with Gasteiger partial charge in [-0.15, -0.1) is 0 Å². The predicted octanol–water partition coefficient (Wildman–Crippen LogP) is 4.07. The molecule has 4 nitrogen and oxygen atoms in total. The summed E-state index contributed by atoms with van der Waals surface area (Å²) in [5.41, 5.74) is 1.86. The van der Waals surface area contributed by atoms with Gasteiger partial charge in [-0.1, -0.05) is 54.6 Å². The first-order valence-corrected chi connectivity index (χ1v) is 7.64. The summed E-state index contributed by atoms with van der Waals surface area (Å²) < 4.78 is 0. The summed E-state index contributed by atoms with van der Waals surface area (Å²) in [6.07, 6.45) is 0. The zero-order chi connectivity index (χ0) is 15.9. The number of hydrogen-bond acceptors (Lipinski definition) is 2. The Bertz CT molecular complexity index is 781. The van der Waals surface area contributed by atoms with Crippen molar-refractivity contribution in [3.05, 3.63) is 72.8 Å². The van der Waals surface area contributed by atoms with Gasteiger partial charge in [0.25, 0.3) is 0 Å². The molecule has 0 saturated carbocycles. The van der Waals surface area contributed by atoms with Crippen molar-refractivity contribution >= 4 is 28.2 Å². The summed E-state index contributed by atoms with van der Waals surface area (Å²) in [6.45, 7) is 1.21. The van der Waals surface area contributed by atoms with E-state index in [1.165, 1.54) is 10.8 Å². The van der Waals surface area contributed by atoms with Crippen molar-refractivity contribution in [2.75, 3.05) is 23.7 Å². The van der Waals surface area contributed by atoms with E-state index in [0.717, 1.165) is 11.4 Å². The maximum Gasteiger partial charge on any atom is 0.319 e. The average Bonchev–Trinajstić information content (AvgIpc) is 2.60. The monoisotopic (exact) mass is 305 g/mol. The van der Waals surface area contributed by atoms with Gasteiger partial charge < -0.3 is 16.0 Å². The van der Waals surface area contributed by atoms with Gasteiger partial charge in [-0.3, -0.25) is 0 Å². The largest absolute Gasteiger partial charge is 0.383 e. The fraction of sp³-hybridized carbons (Fsp3) is 0.105. The Morgan fingerprint density at radius 3 is 2.39 bits per heavy atom. The van der Waals surface area contributed by atoms with E-state index in [-0.39, 0.29) is 6.03 Å². The van der Waals surface area contributed by atoms with Gasteiger partial charge in [0.2, 0.25) is 0 Å². The van der Waals surface area contributed by atoms with Crippen LogP contribution in [-0.4, -0.2) is 19.1 Å². The number of rotatable bonds is 5. The van der Waals surface area contributed by atoms with Crippen LogP contribution in [0, 0.1) is 0 Å². The number of hydrogen-bond donors (Lipinski definition) is 3. The summed E-state index contributed by atoms with van der Waals surface area (Å²) >= 11 is 0. The number of para-hydroxylation sites is 1. The van der Waals surface area contributed by atoms with Gasteiger partial charge in [0, 0.05) is 29.9 Å². The van der Waals surface area contributed by atoms with Crippen LogP contribution in [0.25, 0.3) is 10.8 Å². The zero-order valence-electron chi connectivity index (χ0n) is 12.8. The van der Waals surface area contributed by atoms with Crippen LogP contribution in [0.5, 0.6) is 0 Å². The molecule has 0 spiro atoms. The third-order valence-electron chi connectivity index (χ3n) is 3.55. The van der Waals surface area contributed by atoms with Crippen LogP contribution in [0.3, 0.4) is 0 Å². The number of carbonyl (C=O) groups excluding carboxylic acids is 1. The molecule has 3 aromatic carbocycles. The minimum absolute atomic E-state index is 0.198. The molecule has 0 aliphatic rings. The Balaban J connectivity index is 1.49. The van der Waals surface area contributed by atoms with Gasteiger partial charge in [-0.25, -0.2) is 4.79 Å². The molecular formula is C19H19N3O. The third-order valence-corrected chi connectivity index (χ3v) is 3.55. The fourth-order valence-corrected chi connectivity index (χ4v) is 2.45. The number of amides is 2. The van der Waals surface area contributed by atoms with Gasteiger partial charge >= 0.3 is 6.03 Å². The normalized spacial score (nSPS) is 10.3. The third kappa shape index (κ3) is 4.01.